The smallest absolute Gasteiger partial charge is 0.306 e. The van der Waals surface area contributed by atoms with E-state index in [-0.39, 0.29) is 37.2 Å². The van der Waals surface area contributed by atoms with E-state index in [0.29, 0.717) is 24.5 Å². The van der Waals surface area contributed by atoms with Crippen LogP contribution in [-0.4, -0.2) is 41.3 Å². The quantitative estimate of drug-likeness (QED) is 0.408. The van der Waals surface area contributed by atoms with Crippen molar-refractivity contribution in [1.29, 1.82) is 0 Å². The summed E-state index contributed by atoms with van der Waals surface area (Å²) in [5, 5.41) is 3.23. The van der Waals surface area contributed by atoms with Crippen LogP contribution in [0.3, 0.4) is 0 Å². The lowest BCUT2D eigenvalue weighted by Gasteiger charge is -2.28. The number of rotatable bonds is 5. The SMILES string of the molecule is CN1C[C@@H](c2ccccc2)OC(=O)CC/C=C\C[C@@H](CC(=O)NCc2ccc(Cl)nc2)C1=O. The van der Waals surface area contributed by atoms with Crippen molar-refractivity contribution in [3.05, 3.63) is 77.1 Å². The first-order chi connectivity index (χ1) is 15.9. The molecule has 0 saturated heterocycles. The van der Waals surface area contributed by atoms with Gasteiger partial charge in [0.15, 0.2) is 0 Å². The Labute approximate surface area is 198 Å². The molecule has 0 aliphatic carbocycles. The molecule has 1 N–H and O–H groups in total. The highest BCUT2D eigenvalue weighted by molar-refractivity contribution is 6.29. The molecule has 7 nitrogen and oxygen atoms in total. The topological polar surface area (TPSA) is 88.6 Å². The van der Waals surface area contributed by atoms with Crippen LogP contribution in [0, 0.1) is 5.92 Å². The molecule has 0 saturated carbocycles. The number of allylic oxidation sites excluding steroid dienone is 2. The van der Waals surface area contributed by atoms with Gasteiger partial charge in [0.05, 0.1) is 12.5 Å². The summed E-state index contributed by atoms with van der Waals surface area (Å²) in [5.74, 6) is -1.20. The number of cyclic esters (lactones) is 1. The number of nitrogens with zero attached hydrogens (tertiary/aromatic N) is 2. The second-order valence-electron chi connectivity index (χ2n) is 8.02. The summed E-state index contributed by atoms with van der Waals surface area (Å²) in [6, 6.07) is 12.8. The lowest BCUT2D eigenvalue weighted by atomic mass is 9.97. The second-order valence-corrected chi connectivity index (χ2v) is 8.41. The van der Waals surface area contributed by atoms with Gasteiger partial charge in [0, 0.05) is 32.6 Å². The molecule has 1 aromatic heterocycles. The third kappa shape index (κ3) is 7.71. The molecule has 2 heterocycles. The van der Waals surface area contributed by atoms with Crippen LogP contribution in [0.2, 0.25) is 5.15 Å². The number of esters is 1. The summed E-state index contributed by atoms with van der Waals surface area (Å²) in [7, 11) is 1.67. The van der Waals surface area contributed by atoms with Crippen molar-refractivity contribution in [2.45, 2.75) is 38.3 Å². The van der Waals surface area contributed by atoms with Crippen LogP contribution in [0.15, 0.2) is 60.8 Å². The minimum absolute atomic E-state index is 0.0598. The van der Waals surface area contributed by atoms with E-state index in [0.717, 1.165) is 11.1 Å². The van der Waals surface area contributed by atoms with Crippen LogP contribution in [0.1, 0.15) is 42.9 Å². The highest BCUT2D eigenvalue weighted by atomic mass is 35.5. The van der Waals surface area contributed by atoms with Crippen LogP contribution in [-0.2, 0) is 25.7 Å². The van der Waals surface area contributed by atoms with Gasteiger partial charge in [-0.2, -0.15) is 0 Å². The molecular weight excluding hydrogens is 442 g/mol. The highest BCUT2D eigenvalue weighted by Crippen LogP contribution is 2.22. The molecule has 1 aliphatic heterocycles. The van der Waals surface area contributed by atoms with Crippen molar-refractivity contribution < 1.29 is 19.1 Å². The monoisotopic (exact) mass is 469 g/mol. The van der Waals surface area contributed by atoms with Crippen LogP contribution in [0.4, 0.5) is 0 Å². The van der Waals surface area contributed by atoms with E-state index in [1.54, 1.807) is 30.3 Å². The minimum atomic E-state index is -0.567. The average molecular weight is 470 g/mol. The predicted octanol–water partition coefficient (Wildman–Crippen LogP) is 3.84. The van der Waals surface area contributed by atoms with Gasteiger partial charge in [0.1, 0.15) is 11.3 Å². The summed E-state index contributed by atoms with van der Waals surface area (Å²) in [6.07, 6.45) is 6.02. The van der Waals surface area contributed by atoms with Gasteiger partial charge in [0.2, 0.25) is 11.8 Å². The third-order valence-corrected chi connectivity index (χ3v) is 5.65. The number of halogens is 1. The average Bonchev–Trinajstić information content (AvgIpc) is 2.81. The Hall–Kier alpha value is -3.19. The molecule has 0 radical (unpaired) electrons. The van der Waals surface area contributed by atoms with Gasteiger partial charge in [-0.15, -0.1) is 0 Å². The molecule has 0 bridgehead atoms. The van der Waals surface area contributed by atoms with Crippen molar-refractivity contribution in [1.82, 2.24) is 15.2 Å². The molecule has 2 amide bonds. The van der Waals surface area contributed by atoms with E-state index >= 15 is 0 Å². The fraction of sp³-hybridized carbons (Fsp3) is 0.360. The maximum absolute atomic E-state index is 13.2. The number of carbonyl (C=O) groups excluding carboxylic acids is 3. The molecule has 1 aliphatic rings. The Morgan fingerprint density at radius 1 is 1.18 bits per heavy atom. The highest BCUT2D eigenvalue weighted by Gasteiger charge is 2.27. The molecule has 3 rings (SSSR count). The molecule has 0 spiro atoms. The normalized spacial score (nSPS) is 20.8. The number of benzene rings is 1. The Bertz CT molecular complexity index is 979. The minimum Gasteiger partial charge on any atom is -0.456 e. The molecule has 174 valence electrons. The Balaban J connectivity index is 1.68. The van der Waals surface area contributed by atoms with Gasteiger partial charge < -0.3 is 15.0 Å². The lowest BCUT2D eigenvalue weighted by Crippen LogP contribution is -2.39. The number of nitrogens with one attached hydrogen (secondary N) is 1. The fourth-order valence-electron chi connectivity index (χ4n) is 3.60. The number of hydrogen-bond acceptors (Lipinski definition) is 5. The van der Waals surface area contributed by atoms with Gasteiger partial charge in [-0.1, -0.05) is 60.2 Å². The summed E-state index contributed by atoms with van der Waals surface area (Å²) in [4.78, 5) is 43.6. The van der Waals surface area contributed by atoms with E-state index in [4.69, 9.17) is 16.3 Å². The van der Waals surface area contributed by atoms with E-state index in [2.05, 4.69) is 10.3 Å². The first-order valence-corrected chi connectivity index (χ1v) is 11.3. The van der Waals surface area contributed by atoms with Gasteiger partial charge in [-0.25, -0.2) is 4.98 Å². The van der Waals surface area contributed by atoms with E-state index in [1.165, 1.54) is 0 Å². The van der Waals surface area contributed by atoms with Crippen molar-refractivity contribution in [3.8, 4) is 0 Å². The first kappa shape index (κ1) is 24.5. The van der Waals surface area contributed by atoms with Crippen LogP contribution >= 0.6 is 11.6 Å². The lowest BCUT2D eigenvalue weighted by molar-refractivity contribution is -0.152. The van der Waals surface area contributed by atoms with Crippen LogP contribution < -0.4 is 5.32 Å². The van der Waals surface area contributed by atoms with Crippen molar-refractivity contribution in [3.63, 3.8) is 0 Å². The largest absolute Gasteiger partial charge is 0.456 e. The maximum atomic E-state index is 13.2. The number of pyridine rings is 1. The zero-order valence-corrected chi connectivity index (χ0v) is 19.3. The Morgan fingerprint density at radius 3 is 2.70 bits per heavy atom. The van der Waals surface area contributed by atoms with Gasteiger partial charge in [-0.3, -0.25) is 14.4 Å². The molecular formula is C25H28ClN3O4. The first-order valence-electron chi connectivity index (χ1n) is 10.9. The summed E-state index contributed by atoms with van der Waals surface area (Å²) in [5.41, 5.74) is 1.64. The molecule has 1 aromatic carbocycles. The standard InChI is InChI=1S/C25H28ClN3O4/c1-29-17-21(19-8-4-2-5-9-19)33-24(31)11-7-3-6-10-20(25(29)32)14-23(30)28-16-18-12-13-22(26)27-15-18/h2-6,8-9,12-13,15,20-21H,7,10-11,14,16-17H2,1H3,(H,28,30)/b6-3-/t20-,21-/m0/s1. The predicted molar refractivity (Wildman–Crippen MR) is 125 cm³/mol. The molecule has 2 atom stereocenters. The molecule has 8 heteroatoms. The number of ether oxygens (including phenoxy) is 1. The number of aromatic nitrogens is 1. The molecule has 2 aromatic rings. The molecule has 0 fully saturated rings. The van der Waals surface area contributed by atoms with Crippen molar-refractivity contribution in [2.75, 3.05) is 13.6 Å². The summed E-state index contributed by atoms with van der Waals surface area (Å²) in [6.45, 7) is 0.522. The zero-order valence-electron chi connectivity index (χ0n) is 18.6. The number of hydrogen-bond donors (Lipinski definition) is 1. The van der Waals surface area contributed by atoms with E-state index < -0.39 is 12.0 Å². The zero-order chi connectivity index (χ0) is 23.6. The Morgan fingerprint density at radius 2 is 1.97 bits per heavy atom. The fourth-order valence-corrected chi connectivity index (χ4v) is 3.72. The number of likely N-dealkylation sites (N-methyl/N-ethyl adjacent to an activating group) is 1. The van der Waals surface area contributed by atoms with Crippen molar-refractivity contribution in [2.24, 2.45) is 5.92 Å². The maximum Gasteiger partial charge on any atom is 0.306 e. The second kappa shape index (κ2) is 12.2. The number of carbonyl (C=O) groups is 3. The summed E-state index contributed by atoms with van der Waals surface area (Å²) < 4.78 is 5.68. The third-order valence-electron chi connectivity index (χ3n) is 5.42. The van der Waals surface area contributed by atoms with Crippen molar-refractivity contribution >= 4 is 29.4 Å². The summed E-state index contributed by atoms with van der Waals surface area (Å²) >= 11 is 5.79. The van der Waals surface area contributed by atoms with Crippen LogP contribution in [0.25, 0.3) is 0 Å². The van der Waals surface area contributed by atoms with Gasteiger partial charge in [-0.05, 0) is 30.0 Å². The van der Waals surface area contributed by atoms with Crippen LogP contribution in [0.5, 0.6) is 0 Å². The molecule has 33 heavy (non-hydrogen) atoms. The van der Waals surface area contributed by atoms with E-state index in [9.17, 15) is 14.4 Å². The Kier molecular flexibility index (Phi) is 9.01. The van der Waals surface area contributed by atoms with E-state index in [1.807, 2.05) is 42.5 Å². The van der Waals surface area contributed by atoms with Gasteiger partial charge >= 0.3 is 5.97 Å². The van der Waals surface area contributed by atoms with Gasteiger partial charge in [0.25, 0.3) is 0 Å². The molecule has 0 unspecified atom stereocenters. The number of amides is 2.